The van der Waals surface area contributed by atoms with E-state index < -0.39 is 11.9 Å². The molecule has 2 rings (SSSR count). The molecule has 0 bridgehead atoms. The largest absolute Gasteiger partial charge is 0.481 e. The van der Waals surface area contributed by atoms with Crippen molar-refractivity contribution in [2.45, 2.75) is 19.4 Å². The fraction of sp³-hybridized carbons (Fsp3) is 0.417. The second-order valence-electron chi connectivity index (χ2n) is 3.90. The fourth-order valence-corrected chi connectivity index (χ4v) is 1.82. The van der Waals surface area contributed by atoms with Gasteiger partial charge in [0.2, 0.25) is 6.79 Å². The van der Waals surface area contributed by atoms with Crippen LogP contribution in [-0.2, 0) is 16.1 Å². The number of benzene rings is 1. The molecule has 0 fully saturated rings. The van der Waals surface area contributed by atoms with Crippen molar-refractivity contribution in [3.05, 3.63) is 23.3 Å². The van der Waals surface area contributed by atoms with E-state index in [9.17, 15) is 4.79 Å². The molecule has 0 amide bonds. The van der Waals surface area contributed by atoms with E-state index in [0.717, 1.165) is 5.56 Å². The van der Waals surface area contributed by atoms with Crippen LogP contribution in [0.3, 0.4) is 0 Å². The number of carboxylic acid groups (broad SMARTS) is 1. The van der Waals surface area contributed by atoms with Crippen molar-refractivity contribution in [1.29, 1.82) is 0 Å². The van der Waals surface area contributed by atoms with Gasteiger partial charge in [0.25, 0.3) is 0 Å². The van der Waals surface area contributed by atoms with Gasteiger partial charge in [-0.1, -0.05) is 0 Å². The Balaban J connectivity index is 2.44. The Bertz CT molecular complexity index is 441. The van der Waals surface area contributed by atoms with E-state index in [1.807, 2.05) is 0 Å². The predicted octanol–water partition coefficient (Wildman–Crippen LogP) is 1.75. The van der Waals surface area contributed by atoms with Gasteiger partial charge in [-0.15, -0.1) is 0 Å². The zero-order chi connectivity index (χ0) is 12.4. The quantitative estimate of drug-likeness (QED) is 0.865. The summed E-state index contributed by atoms with van der Waals surface area (Å²) in [5.41, 5.74) is 1.51. The molecule has 1 unspecified atom stereocenters. The Labute approximate surface area is 98.9 Å². The van der Waals surface area contributed by atoms with Crippen LogP contribution in [0.5, 0.6) is 11.5 Å². The highest BCUT2D eigenvalue weighted by atomic mass is 16.7. The fourth-order valence-electron chi connectivity index (χ4n) is 1.82. The van der Waals surface area contributed by atoms with E-state index in [2.05, 4.69) is 0 Å². The minimum atomic E-state index is -0.874. The number of rotatable bonds is 4. The summed E-state index contributed by atoms with van der Waals surface area (Å²) < 4.78 is 15.6. The first kappa shape index (κ1) is 11.7. The maximum Gasteiger partial charge on any atom is 0.310 e. The third-order valence-electron chi connectivity index (χ3n) is 2.77. The summed E-state index contributed by atoms with van der Waals surface area (Å²) in [6.07, 6.45) is 0. The lowest BCUT2D eigenvalue weighted by Crippen LogP contribution is -2.10. The average molecular weight is 238 g/mol. The van der Waals surface area contributed by atoms with Crippen LogP contribution in [0, 0.1) is 0 Å². The molecular formula is C12H14O5. The van der Waals surface area contributed by atoms with Crippen LogP contribution in [-0.4, -0.2) is 25.0 Å². The Morgan fingerprint density at radius 2 is 2.12 bits per heavy atom. The van der Waals surface area contributed by atoms with Crippen LogP contribution >= 0.6 is 0 Å². The Morgan fingerprint density at radius 1 is 1.47 bits per heavy atom. The number of ether oxygens (including phenoxy) is 3. The standard InChI is InChI=1S/C12H14O5/c1-7(12(13)14)9-4-11-10(16-6-17-11)3-8(9)5-15-2/h3-4,7H,5-6H2,1-2H3,(H,13,14). The van der Waals surface area contributed by atoms with Crippen molar-refractivity contribution in [2.24, 2.45) is 0 Å². The van der Waals surface area contributed by atoms with Crippen LogP contribution in [0.2, 0.25) is 0 Å². The van der Waals surface area contributed by atoms with Crippen molar-refractivity contribution in [1.82, 2.24) is 0 Å². The SMILES string of the molecule is COCc1cc2c(cc1C(C)C(=O)O)OCO2. The number of hydrogen-bond donors (Lipinski definition) is 1. The number of carbonyl (C=O) groups is 1. The third-order valence-corrected chi connectivity index (χ3v) is 2.77. The lowest BCUT2D eigenvalue weighted by atomic mass is 9.95. The Kier molecular flexibility index (Phi) is 3.19. The average Bonchev–Trinajstić information content (AvgIpc) is 2.74. The van der Waals surface area contributed by atoms with Crippen LogP contribution in [0.15, 0.2) is 12.1 Å². The van der Waals surface area contributed by atoms with Gasteiger partial charge in [0.05, 0.1) is 12.5 Å². The van der Waals surface area contributed by atoms with Crippen LogP contribution < -0.4 is 9.47 Å². The molecule has 1 heterocycles. The zero-order valence-electron chi connectivity index (χ0n) is 9.73. The Morgan fingerprint density at radius 3 is 2.71 bits per heavy atom. The Hall–Kier alpha value is -1.75. The van der Waals surface area contributed by atoms with Gasteiger partial charge in [0.15, 0.2) is 11.5 Å². The van der Waals surface area contributed by atoms with Gasteiger partial charge in [-0.25, -0.2) is 0 Å². The van der Waals surface area contributed by atoms with Crippen molar-refractivity contribution in [2.75, 3.05) is 13.9 Å². The maximum absolute atomic E-state index is 11.0. The molecule has 5 nitrogen and oxygen atoms in total. The molecule has 92 valence electrons. The van der Waals surface area contributed by atoms with Crippen molar-refractivity contribution >= 4 is 5.97 Å². The van der Waals surface area contributed by atoms with Gasteiger partial charge in [0, 0.05) is 7.11 Å². The molecule has 0 radical (unpaired) electrons. The number of aliphatic carboxylic acids is 1. The summed E-state index contributed by atoms with van der Waals surface area (Å²) >= 11 is 0. The van der Waals surface area contributed by atoms with E-state index in [1.165, 1.54) is 0 Å². The summed E-state index contributed by atoms with van der Waals surface area (Å²) in [5, 5.41) is 9.06. The van der Waals surface area contributed by atoms with E-state index >= 15 is 0 Å². The third kappa shape index (κ3) is 2.19. The molecule has 0 aliphatic carbocycles. The maximum atomic E-state index is 11.0. The number of methoxy groups -OCH3 is 1. The smallest absolute Gasteiger partial charge is 0.310 e. The first-order valence-corrected chi connectivity index (χ1v) is 5.27. The molecule has 5 heteroatoms. The second-order valence-corrected chi connectivity index (χ2v) is 3.90. The monoisotopic (exact) mass is 238 g/mol. The highest BCUT2D eigenvalue weighted by Crippen LogP contribution is 2.37. The first-order valence-electron chi connectivity index (χ1n) is 5.27. The minimum absolute atomic E-state index is 0.173. The van der Waals surface area contributed by atoms with Crippen molar-refractivity contribution in [3.8, 4) is 11.5 Å². The number of fused-ring (bicyclic) bond motifs is 1. The second kappa shape index (κ2) is 4.63. The predicted molar refractivity (Wildman–Crippen MR) is 59.3 cm³/mol. The molecule has 1 aliphatic heterocycles. The highest BCUT2D eigenvalue weighted by Gasteiger charge is 2.23. The van der Waals surface area contributed by atoms with Crippen LogP contribution in [0.1, 0.15) is 24.0 Å². The van der Waals surface area contributed by atoms with Crippen molar-refractivity contribution in [3.63, 3.8) is 0 Å². The highest BCUT2D eigenvalue weighted by molar-refractivity contribution is 5.76. The number of carboxylic acids is 1. The first-order chi connectivity index (χ1) is 8.13. The van der Waals surface area contributed by atoms with Gasteiger partial charge in [-0.2, -0.15) is 0 Å². The number of hydrogen-bond acceptors (Lipinski definition) is 4. The molecule has 17 heavy (non-hydrogen) atoms. The molecule has 1 aromatic rings. The molecule has 1 atom stereocenters. The summed E-state index contributed by atoms with van der Waals surface area (Å²) in [7, 11) is 1.57. The molecule has 0 spiro atoms. The summed E-state index contributed by atoms with van der Waals surface area (Å²) in [5.74, 6) is -0.248. The summed E-state index contributed by atoms with van der Waals surface area (Å²) in [6, 6.07) is 3.50. The normalized spacial score (nSPS) is 14.7. The minimum Gasteiger partial charge on any atom is -0.481 e. The van der Waals surface area contributed by atoms with Crippen LogP contribution in [0.4, 0.5) is 0 Å². The van der Waals surface area contributed by atoms with Crippen LogP contribution in [0.25, 0.3) is 0 Å². The van der Waals surface area contributed by atoms with Gasteiger partial charge in [-0.3, -0.25) is 4.79 Å². The topological polar surface area (TPSA) is 65.0 Å². The van der Waals surface area contributed by atoms with E-state index in [0.29, 0.717) is 23.7 Å². The van der Waals surface area contributed by atoms with E-state index in [1.54, 1.807) is 26.2 Å². The molecule has 1 N–H and O–H groups in total. The molecule has 0 saturated carbocycles. The van der Waals surface area contributed by atoms with Gasteiger partial charge < -0.3 is 19.3 Å². The van der Waals surface area contributed by atoms with Gasteiger partial charge in [-0.05, 0) is 30.2 Å². The van der Waals surface area contributed by atoms with Gasteiger partial charge in [0.1, 0.15) is 0 Å². The molecule has 0 aromatic heterocycles. The molecule has 0 saturated heterocycles. The lowest BCUT2D eigenvalue weighted by Gasteiger charge is -2.13. The zero-order valence-corrected chi connectivity index (χ0v) is 9.73. The van der Waals surface area contributed by atoms with E-state index in [-0.39, 0.29) is 6.79 Å². The van der Waals surface area contributed by atoms with E-state index in [4.69, 9.17) is 19.3 Å². The van der Waals surface area contributed by atoms with Crippen molar-refractivity contribution < 1.29 is 24.1 Å². The lowest BCUT2D eigenvalue weighted by molar-refractivity contribution is -0.138. The van der Waals surface area contributed by atoms with Gasteiger partial charge >= 0.3 is 5.97 Å². The summed E-state index contributed by atoms with van der Waals surface area (Å²) in [6.45, 7) is 2.16. The molecular weight excluding hydrogens is 224 g/mol. The summed E-state index contributed by atoms with van der Waals surface area (Å²) in [4.78, 5) is 11.0. The molecule has 1 aromatic carbocycles. The molecule has 1 aliphatic rings.